The molecule has 0 aromatic rings. The standard InChI is InChI=1S/C18H32N2O6/c1-15(2)17(5,23)19(13(21)25-15)11-9-7-8-10-12-20-14(22)26-16(3,4)18(20,6)24/h23-24H,7-12H2,1-6H3/t17-,18-/m1/s1. The lowest BCUT2D eigenvalue weighted by atomic mass is 9.95. The molecular formula is C18H32N2O6. The summed E-state index contributed by atoms with van der Waals surface area (Å²) in [5, 5.41) is 21.1. The predicted octanol–water partition coefficient (Wildman–Crippen LogP) is 2.43. The Morgan fingerprint density at radius 2 is 1.00 bits per heavy atom. The van der Waals surface area contributed by atoms with E-state index in [9.17, 15) is 19.8 Å². The molecule has 2 heterocycles. The molecule has 2 fully saturated rings. The molecule has 0 saturated carbocycles. The Labute approximate surface area is 155 Å². The van der Waals surface area contributed by atoms with E-state index in [2.05, 4.69) is 0 Å². The van der Waals surface area contributed by atoms with Crippen LogP contribution in [0.3, 0.4) is 0 Å². The molecule has 2 aliphatic heterocycles. The van der Waals surface area contributed by atoms with Gasteiger partial charge in [-0.05, 0) is 54.4 Å². The highest BCUT2D eigenvalue weighted by Gasteiger charge is 2.57. The Hall–Kier alpha value is -1.54. The SMILES string of the molecule is CC1(C)OC(=O)N(CCCCCCN2C(=O)OC(C)(C)[C@@]2(C)O)[C@]1(C)O. The van der Waals surface area contributed by atoms with Gasteiger partial charge in [0.1, 0.15) is 0 Å². The third-order valence-electron chi connectivity index (χ3n) is 5.97. The molecular weight excluding hydrogens is 340 g/mol. The highest BCUT2D eigenvalue weighted by Crippen LogP contribution is 2.38. The summed E-state index contributed by atoms with van der Waals surface area (Å²) < 4.78 is 10.5. The zero-order chi connectivity index (χ0) is 20.0. The van der Waals surface area contributed by atoms with Gasteiger partial charge in [0.2, 0.25) is 0 Å². The average molecular weight is 372 g/mol. The van der Waals surface area contributed by atoms with Gasteiger partial charge < -0.3 is 19.7 Å². The summed E-state index contributed by atoms with van der Waals surface area (Å²) in [5.41, 5.74) is -4.57. The first kappa shape index (κ1) is 20.8. The predicted molar refractivity (Wildman–Crippen MR) is 94.2 cm³/mol. The van der Waals surface area contributed by atoms with Crippen LogP contribution in [0.15, 0.2) is 0 Å². The van der Waals surface area contributed by atoms with Gasteiger partial charge in [-0.2, -0.15) is 0 Å². The summed E-state index contributed by atoms with van der Waals surface area (Å²) in [4.78, 5) is 26.6. The van der Waals surface area contributed by atoms with E-state index in [0.29, 0.717) is 25.9 Å². The van der Waals surface area contributed by atoms with Gasteiger partial charge in [0.05, 0.1) is 0 Å². The number of rotatable bonds is 7. The van der Waals surface area contributed by atoms with Gasteiger partial charge in [-0.1, -0.05) is 12.8 Å². The van der Waals surface area contributed by atoms with Gasteiger partial charge in [0, 0.05) is 13.1 Å². The quantitative estimate of drug-likeness (QED) is 0.666. The Bertz CT molecular complexity index is 520. The zero-order valence-corrected chi connectivity index (χ0v) is 16.7. The van der Waals surface area contributed by atoms with Crippen LogP contribution >= 0.6 is 0 Å². The first-order valence-corrected chi connectivity index (χ1v) is 9.20. The maximum atomic E-state index is 11.9. The molecule has 2 saturated heterocycles. The van der Waals surface area contributed by atoms with E-state index in [-0.39, 0.29) is 0 Å². The minimum absolute atomic E-state index is 0.408. The van der Waals surface area contributed by atoms with Crippen molar-refractivity contribution >= 4 is 12.2 Å². The van der Waals surface area contributed by atoms with E-state index in [1.165, 1.54) is 9.80 Å². The Balaban J connectivity index is 1.74. The van der Waals surface area contributed by atoms with Gasteiger partial charge in [0.15, 0.2) is 22.7 Å². The summed E-state index contributed by atoms with van der Waals surface area (Å²) in [7, 11) is 0. The van der Waals surface area contributed by atoms with Gasteiger partial charge in [0.25, 0.3) is 0 Å². The summed E-state index contributed by atoms with van der Waals surface area (Å²) in [6.07, 6.45) is 2.08. The maximum absolute atomic E-state index is 11.9. The molecule has 0 aliphatic carbocycles. The second-order valence-corrected chi connectivity index (χ2v) is 8.52. The monoisotopic (exact) mass is 372 g/mol. The van der Waals surface area contributed by atoms with Crippen LogP contribution in [-0.4, -0.2) is 67.9 Å². The van der Waals surface area contributed by atoms with E-state index in [1.54, 1.807) is 41.5 Å². The number of hydrogen-bond donors (Lipinski definition) is 2. The molecule has 2 atom stereocenters. The van der Waals surface area contributed by atoms with Crippen molar-refractivity contribution in [2.24, 2.45) is 0 Å². The van der Waals surface area contributed by atoms with Crippen molar-refractivity contribution in [2.75, 3.05) is 13.1 Å². The normalized spacial score (nSPS) is 32.8. The van der Waals surface area contributed by atoms with Crippen molar-refractivity contribution in [3.8, 4) is 0 Å². The average Bonchev–Trinajstić information content (AvgIpc) is 2.71. The van der Waals surface area contributed by atoms with Crippen LogP contribution in [0, 0.1) is 0 Å². The number of ether oxygens (including phenoxy) is 2. The number of hydrogen-bond acceptors (Lipinski definition) is 6. The molecule has 26 heavy (non-hydrogen) atoms. The second kappa shape index (κ2) is 6.56. The molecule has 8 heteroatoms. The van der Waals surface area contributed by atoms with Crippen LogP contribution in [0.5, 0.6) is 0 Å². The van der Waals surface area contributed by atoms with E-state index >= 15 is 0 Å². The molecule has 0 bridgehead atoms. The second-order valence-electron chi connectivity index (χ2n) is 8.52. The van der Waals surface area contributed by atoms with E-state index in [0.717, 1.165) is 12.8 Å². The minimum atomic E-state index is -1.34. The number of carbonyl (C=O) groups is 2. The minimum Gasteiger partial charge on any atom is -0.438 e. The molecule has 2 amide bonds. The van der Waals surface area contributed by atoms with Crippen molar-refractivity contribution in [3.05, 3.63) is 0 Å². The molecule has 2 rings (SSSR count). The molecule has 0 aromatic carbocycles. The summed E-state index contributed by atoms with van der Waals surface area (Å²) >= 11 is 0. The summed E-state index contributed by atoms with van der Waals surface area (Å²) in [6.45, 7) is 10.7. The maximum Gasteiger partial charge on any atom is 0.412 e. The van der Waals surface area contributed by atoms with Gasteiger partial charge in [-0.25, -0.2) is 9.59 Å². The van der Waals surface area contributed by atoms with Crippen LogP contribution in [-0.2, 0) is 9.47 Å². The van der Waals surface area contributed by atoms with Gasteiger partial charge in [-0.15, -0.1) is 0 Å². The van der Waals surface area contributed by atoms with Crippen LogP contribution in [0.2, 0.25) is 0 Å². The Kier molecular flexibility index (Phi) is 5.24. The zero-order valence-electron chi connectivity index (χ0n) is 16.7. The van der Waals surface area contributed by atoms with Gasteiger partial charge >= 0.3 is 12.2 Å². The van der Waals surface area contributed by atoms with Crippen molar-refractivity contribution < 1.29 is 29.3 Å². The highest BCUT2D eigenvalue weighted by atomic mass is 16.6. The fourth-order valence-electron chi connectivity index (χ4n) is 3.26. The fourth-order valence-corrected chi connectivity index (χ4v) is 3.26. The third-order valence-corrected chi connectivity index (χ3v) is 5.97. The third kappa shape index (κ3) is 3.36. The van der Waals surface area contributed by atoms with Crippen molar-refractivity contribution in [1.82, 2.24) is 9.80 Å². The number of amides is 2. The Morgan fingerprint density at radius 3 is 1.23 bits per heavy atom. The molecule has 0 spiro atoms. The number of aliphatic hydroxyl groups is 2. The van der Waals surface area contributed by atoms with Crippen LogP contribution in [0.1, 0.15) is 67.2 Å². The van der Waals surface area contributed by atoms with Crippen molar-refractivity contribution in [1.29, 1.82) is 0 Å². The fraction of sp³-hybridized carbons (Fsp3) is 0.889. The van der Waals surface area contributed by atoms with Gasteiger partial charge in [-0.3, -0.25) is 9.80 Å². The lowest BCUT2D eigenvalue weighted by Crippen LogP contribution is -2.53. The van der Waals surface area contributed by atoms with E-state index in [4.69, 9.17) is 9.47 Å². The van der Waals surface area contributed by atoms with E-state index < -0.39 is 34.8 Å². The first-order chi connectivity index (χ1) is 11.7. The number of unbranched alkanes of at least 4 members (excludes halogenated alkanes) is 3. The lowest BCUT2D eigenvalue weighted by molar-refractivity contribution is -0.128. The van der Waals surface area contributed by atoms with Crippen LogP contribution in [0.4, 0.5) is 9.59 Å². The first-order valence-electron chi connectivity index (χ1n) is 9.20. The van der Waals surface area contributed by atoms with Crippen molar-refractivity contribution in [3.63, 3.8) is 0 Å². The summed E-state index contributed by atoms with van der Waals surface area (Å²) in [6, 6.07) is 0. The lowest BCUT2D eigenvalue weighted by Gasteiger charge is -2.35. The smallest absolute Gasteiger partial charge is 0.412 e. The molecule has 2 N–H and O–H groups in total. The number of nitrogens with zero attached hydrogens (tertiary/aromatic N) is 2. The van der Waals surface area contributed by atoms with Crippen LogP contribution in [0.25, 0.3) is 0 Å². The topological polar surface area (TPSA) is 99.5 Å². The van der Waals surface area contributed by atoms with Crippen LogP contribution < -0.4 is 0 Å². The largest absolute Gasteiger partial charge is 0.438 e. The Morgan fingerprint density at radius 1 is 0.692 bits per heavy atom. The number of cyclic esters (lactones) is 2. The molecule has 0 unspecified atom stereocenters. The number of carbonyl (C=O) groups excluding carboxylic acids is 2. The molecule has 8 nitrogen and oxygen atoms in total. The highest BCUT2D eigenvalue weighted by molar-refractivity contribution is 5.72. The van der Waals surface area contributed by atoms with E-state index in [1.807, 2.05) is 0 Å². The molecule has 2 aliphatic rings. The molecule has 0 aromatic heterocycles. The summed E-state index contributed by atoms with van der Waals surface area (Å²) in [5.74, 6) is 0. The van der Waals surface area contributed by atoms with Crippen molar-refractivity contribution in [2.45, 2.75) is 89.9 Å². The molecule has 150 valence electrons. The molecule has 0 radical (unpaired) electrons.